The Morgan fingerprint density at radius 2 is 1.01 bits per heavy atom. The van der Waals surface area contributed by atoms with Crippen LogP contribution in [0.3, 0.4) is 0 Å². The molecule has 0 aromatic carbocycles. The van der Waals surface area contributed by atoms with E-state index in [1.54, 1.807) is 90.6 Å². The van der Waals surface area contributed by atoms with E-state index in [4.69, 9.17) is 18.4 Å². The number of oxime groups is 1. The number of aromatic nitrogens is 6. The molecule has 8 aromatic rings. The predicted molar refractivity (Wildman–Crippen MR) is 472 cm³/mol. The summed E-state index contributed by atoms with van der Waals surface area (Å²) in [5.74, 6) is 1.57. The van der Waals surface area contributed by atoms with Gasteiger partial charge in [-0.25, -0.2) is 15.0 Å². The molecule has 10 rings (SSSR count). The highest BCUT2D eigenvalue weighted by molar-refractivity contribution is 7.10. The van der Waals surface area contributed by atoms with Crippen molar-refractivity contribution in [1.82, 2.24) is 30.1 Å². The second-order valence-electron chi connectivity index (χ2n) is 12.7. The van der Waals surface area contributed by atoms with Crippen molar-refractivity contribution in [2.75, 3.05) is 6.61 Å². The van der Waals surface area contributed by atoms with Gasteiger partial charge < -0.3 is 32.3 Å². The first kappa shape index (κ1) is 180. The average Bonchev–Trinajstić information content (AvgIpc) is 4.32. The summed E-state index contributed by atoms with van der Waals surface area (Å²) in [7, 11) is 0. The lowest BCUT2D eigenvalue weighted by Gasteiger charge is -1.94. The summed E-state index contributed by atoms with van der Waals surface area (Å²) in [5, 5.41) is 16.5. The van der Waals surface area contributed by atoms with Crippen molar-refractivity contribution in [2.24, 2.45) is 5.16 Å². The zero-order valence-corrected chi connectivity index (χ0v) is 58.8. The quantitative estimate of drug-likeness (QED) is 0.154. The van der Waals surface area contributed by atoms with Gasteiger partial charge in [-0.3, -0.25) is 4.98 Å². The van der Waals surface area contributed by atoms with Gasteiger partial charge in [0, 0.05) is 61.1 Å². The Morgan fingerprint density at radius 1 is 0.495 bits per heavy atom. The molecule has 0 radical (unpaired) electrons. The number of hydrogen-bond acceptors (Lipinski definition) is 15. The van der Waals surface area contributed by atoms with E-state index in [2.05, 4.69) is 106 Å². The summed E-state index contributed by atoms with van der Waals surface area (Å²) >= 11 is 5.18. The fourth-order valence-corrected chi connectivity index (χ4v) is 5.27. The topological polar surface area (TPSA) is 164 Å². The average molecular weight is 1450 g/mol. The van der Waals surface area contributed by atoms with Crippen LogP contribution in [0.15, 0.2) is 137 Å². The number of thiazole rings is 1. The van der Waals surface area contributed by atoms with Crippen LogP contribution in [0.1, 0.15) is 342 Å². The van der Waals surface area contributed by atoms with Gasteiger partial charge in [-0.2, -0.15) is 11.3 Å². The third kappa shape index (κ3) is 170. The number of rotatable bonds is 0. The summed E-state index contributed by atoms with van der Waals surface area (Å²) in [4.78, 5) is 24.1. The van der Waals surface area contributed by atoms with Crippen molar-refractivity contribution < 1.29 is 27.3 Å². The fourth-order valence-electron chi connectivity index (χ4n) is 3.64. The number of nitrogens with zero attached hydrogens (tertiary/aromatic N) is 6. The van der Waals surface area contributed by atoms with E-state index < -0.39 is 0 Å². The van der Waals surface area contributed by atoms with Gasteiger partial charge in [-0.15, -0.1) is 22.7 Å². The highest BCUT2D eigenvalue weighted by Gasteiger charge is 2.07. The minimum atomic E-state index is 0. The maximum atomic E-state index is 5.15. The third-order valence-electron chi connectivity index (χ3n) is 6.78. The molecule has 2 atom stereocenters. The lowest BCUT2D eigenvalue weighted by atomic mass is 10.3. The number of hydrogen-bond donors (Lipinski definition) is 1. The number of nitrogens with one attached hydrogen (secondary N) is 1. The van der Waals surface area contributed by atoms with Crippen LogP contribution in [0, 0.1) is 55.4 Å². The molecule has 97 heavy (non-hydrogen) atoms. The Bertz CT molecular complexity index is 1580. The van der Waals surface area contributed by atoms with Crippen LogP contribution >= 0.6 is 34.0 Å². The van der Waals surface area contributed by atoms with Gasteiger partial charge in [-0.1, -0.05) is 281 Å². The molecule has 1 saturated heterocycles. The molecule has 2 aliphatic heterocycles. The molecule has 1 fully saturated rings. The van der Waals surface area contributed by atoms with Crippen LogP contribution in [0.2, 0.25) is 0 Å². The molecule has 0 spiro atoms. The van der Waals surface area contributed by atoms with Crippen LogP contribution in [-0.4, -0.2) is 55.1 Å². The zero-order valence-electron chi connectivity index (χ0n) is 56.4. The first-order valence-electron chi connectivity index (χ1n) is 29.1. The van der Waals surface area contributed by atoms with Crippen molar-refractivity contribution in [3.05, 3.63) is 158 Å². The van der Waals surface area contributed by atoms with Gasteiger partial charge >= 0.3 is 0 Å². The van der Waals surface area contributed by atoms with E-state index in [0.717, 1.165) is 41.1 Å². The highest BCUT2D eigenvalue weighted by atomic mass is 32.1. The molecule has 0 bridgehead atoms. The summed E-state index contributed by atoms with van der Waals surface area (Å²) in [5.41, 5.74) is 4.50. The van der Waals surface area contributed by atoms with Crippen LogP contribution < -0.4 is 0 Å². The third-order valence-corrected chi connectivity index (χ3v) is 9.09. The summed E-state index contributed by atoms with van der Waals surface area (Å²) in [6, 6.07) is 10.1. The number of H-pyrrole nitrogens is 1. The molecule has 16 heteroatoms. The molecular formula is C81H189N7O6S3. The zero-order chi connectivity index (χ0) is 64.1. The van der Waals surface area contributed by atoms with E-state index >= 15 is 0 Å². The SMILES string of the molecule is C.C.C.C.C.C.C.C.C.C.C.C.C.C.C.C.C.CC.CC.CC.CC.CC.CC.CC.CC.CC.CC.CC1CC=NO1.CC1CCCO1.Cc1cc[nH]c1.Cc1cccs1.Cc1ccon1.Cc1ccsc1.Cc1cnco1.Cc1cocn1.Cc1ncco1.Cc1nccs1. The van der Waals surface area contributed by atoms with Crippen LogP contribution in [0.5, 0.6) is 0 Å². The number of aryl methyl sites for hydroxylation is 8. The number of aromatic amines is 1. The maximum absolute atomic E-state index is 5.15. The first-order chi connectivity index (χ1) is 38.9. The van der Waals surface area contributed by atoms with E-state index in [-0.39, 0.29) is 126 Å². The second-order valence-corrected chi connectivity index (χ2v) is 15.7. The van der Waals surface area contributed by atoms with Crippen molar-refractivity contribution in [2.45, 2.75) is 365 Å². The number of ether oxygens (including phenoxy) is 1. The van der Waals surface area contributed by atoms with E-state index in [1.807, 2.05) is 197 Å². The number of oxazole rings is 3. The van der Waals surface area contributed by atoms with Crippen molar-refractivity contribution in [1.29, 1.82) is 0 Å². The largest absolute Gasteiger partial charge is 0.452 e. The van der Waals surface area contributed by atoms with Gasteiger partial charge in [0.2, 0.25) is 0 Å². The minimum Gasteiger partial charge on any atom is -0.452 e. The predicted octanol–water partition coefficient (Wildman–Crippen LogP) is 33.9. The van der Waals surface area contributed by atoms with Gasteiger partial charge in [0.05, 0.1) is 34.9 Å². The van der Waals surface area contributed by atoms with Crippen molar-refractivity contribution in [3.8, 4) is 0 Å². The van der Waals surface area contributed by atoms with E-state index in [0.29, 0.717) is 12.2 Å². The normalized spacial score (nSPS) is 9.01. The smallest absolute Gasteiger partial charge is 0.190 e. The molecule has 2 aliphatic rings. The van der Waals surface area contributed by atoms with Gasteiger partial charge in [0.1, 0.15) is 30.7 Å². The standard InChI is InChI=1S/C5H7N.C5H10O.2C5H6S.4C4H5NO.C4H7NO.C4H5NS.10C2H6.17CH4/c1-5-2-3-6-4-5;1-5-3-2-4-6-5;1-5-2-3-6-4-5;1-5-3-2-4-6-5;1-4-2-6-3-5-4;1-4-2-5-3-6-4;1-4-5-2-3-6-4;1-4-2-3-6-5-4;1-4-2-3-5-6-4;1-4-5-2-3-6-4;10*1-2;;;;;;;;;;;;;;;;;/h2-4,6H,1H3;5H,2-4H2,1H3;2*2-4H,1H3;4*2-3H,1H3;3-4H,2H2,1H3;2-3H,1H3;10*1-2H3;17*1H4. The molecule has 10 heterocycles. The Morgan fingerprint density at radius 3 is 1.11 bits per heavy atom. The van der Waals surface area contributed by atoms with Gasteiger partial charge in [0.25, 0.3) is 0 Å². The summed E-state index contributed by atoms with van der Waals surface area (Å²) in [6.07, 6.45) is 22.6. The lowest BCUT2D eigenvalue weighted by Crippen LogP contribution is -1.94. The van der Waals surface area contributed by atoms with Crippen molar-refractivity contribution in [3.63, 3.8) is 0 Å². The molecule has 0 amide bonds. The summed E-state index contributed by atoms with van der Waals surface area (Å²) in [6.45, 7) is 60.8. The van der Waals surface area contributed by atoms with Crippen LogP contribution in [0.25, 0.3) is 0 Å². The van der Waals surface area contributed by atoms with Gasteiger partial charge in [-0.05, 0) is 121 Å². The Labute approximate surface area is 629 Å². The van der Waals surface area contributed by atoms with Gasteiger partial charge in [0.15, 0.2) is 18.7 Å². The van der Waals surface area contributed by atoms with E-state index in [1.165, 1.54) is 41.6 Å². The Kier molecular flexibility index (Phi) is 324. The molecule has 8 aromatic heterocycles. The van der Waals surface area contributed by atoms with Crippen LogP contribution in [-0.2, 0) is 9.57 Å². The Hall–Kier alpha value is -5.42. The van der Waals surface area contributed by atoms with Crippen LogP contribution in [0.4, 0.5) is 0 Å². The maximum Gasteiger partial charge on any atom is 0.190 e. The Balaban J connectivity index is -0.0000000214. The number of thiophene rings is 2. The van der Waals surface area contributed by atoms with Crippen molar-refractivity contribution >= 4 is 40.2 Å². The minimum absolute atomic E-state index is 0. The monoisotopic (exact) mass is 1450 g/mol. The highest BCUT2D eigenvalue weighted by Crippen LogP contribution is 2.09. The molecule has 602 valence electrons. The molecule has 0 saturated carbocycles. The molecule has 2 unspecified atom stereocenters. The molecular weight excluding hydrogens is 1260 g/mol. The summed E-state index contributed by atoms with van der Waals surface area (Å²) < 4.78 is 23.7. The first-order valence-corrected chi connectivity index (χ1v) is 31.8. The molecule has 0 aliphatic carbocycles. The molecule has 13 nitrogen and oxygen atoms in total. The second kappa shape index (κ2) is 174. The fraction of sp³-hybridized carbons (Fsp3) is 0.654. The molecule has 1 N–H and O–H groups in total. The van der Waals surface area contributed by atoms with E-state index in [9.17, 15) is 0 Å². The lowest BCUT2D eigenvalue weighted by molar-refractivity contribution is 0.0996.